The van der Waals surface area contributed by atoms with Crippen LogP contribution in [0, 0.1) is 5.41 Å². The predicted molar refractivity (Wildman–Crippen MR) is 40.2 cm³/mol. The highest BCUT2D eigenvalue weighted by Gasteiger charge is 2.64. The van der Waals surface area contributed by atoms with Crippen LogP contribution < -0.4 is 0 Å². The Morgan fingerprint density at radius 3 is 2.60 bits per heavy atom. The lowest BCUT2D eigenvalue weighted by Crippen LogP contribution is -2.56. The quantitative estimate of drug-likeness (QED) is 0.494. The third kappa shape index (κ3) is 0.493. The van der Waals surface area contributed by atoms with Crippen LogP contribution in [0.15, 0.2) is 0 Å². The van der Waals surface area contributed by atoms with Crippen LogP contribution in [-0.4, -0.2) is 10.7 Å². The highest BCUT2D eigenvalue weighted by Crippen LogP contribution is 2.61. The van der Waals surface area contributed by atoms with E-state index in [-0.39, 0.29) is 11.2 Å². The van der Waals surface area contributed by atoms with Crippen LogP contribution in [0.5, 0.6) is 0 Å². The third-order valence-electron chi connectivity index (χ3n) is 3.20. The van der Waals surface area contributed by atoms with Crippen LogP contribution in [-0.2, 0) is 4.79 Å². The van der Waals surface area contributed by atoms with Crippen LogP contribution in [0.4, 0.5) is 0 Å². The highest BCUT2D eigenvalue weighted by molar-refractivity contribution is 6.38. The number of hydrogen-bond acceptors (Lipinski definition) is 1. The maximum absolute atomic E-state index is 11.1. The zero-order valence-electron chi connectivity index (χ0n) is 6.11. The molecule has 0 aliphatic heterocycles. The summed E-state index contributed by atoms with van der Waals surface area (Å²) in [5, 5.41) is 0. The van der Waals surface area contributed by atoms with Crippen LogP contribution >= 0.6 is 11.6 Å². The fraction of sp³-hybridized carbons (Fsp3) is 0.875. The number of hydrogen-bond donors (Lipinski definition) is 0. The zero-order valence-corrected chi connectivity index (χ0v) is 6.87. The summed E-state index contributed by atoms with van der Waals surface area (Å²) in [6.45, 7) is 2.13. The molecule has 2 atom stereocenters. The van der Waals surface area contributed by atoms with E-state index >= 15 is 0 Å². The standard InChI is InChI=1S/C8H11ClO/c1-7-3-2-4-8(7,9)6(10)5-7/h2-5H2,1H3. The first-order chi connectivity index (χ1) is 4.58. The van der Waals surface area contributed by atoms with Gasteiger partial charge in [0.15, 0.2) is 5.78 Å². The van der Waals surface area contributed by atoms with Gasteiger partial charge in [0.25, 0.3) is 0 Å². The number of halogens is 1. The first kappa shape index (κ1) is 6.66. The van der Waals surface area contributed by atoms with Gasteiger partial charge in [-0.3, -0.25) is 4.79 Å². The number of carbonyl (C=O) groups excluding carboxylic acids is 1. The van der Waals surface area contributed by atoms with Gasteiger partial charge in [0.2, 0.25) is 0 Å². The number of Topliss-reactive ketones (excluding diaryl/α,β-unsaturated/α-hetero) is 1. The summed E-state index contributed by atoms with van der Waals surface area (Å²) in [4.78, 5) is 10.7. The molecule has 1 nitrogen and oxygen atoms in total. The Bertz CT molecular complexity index is 201. The molecule has 0 amide bonds. The molecule has 2 aliphatic carbocycles. The molecule has 0 aromatic heterocycles. The summed E-state index contributed by atoms with van der Waals surface area (Å²) >= 11 is 6.15. The maximum Gasteiger partial charge on any atom is 0.154 e. The Morgan fingerprint density at radius 1 is 1.50 bits per heavy atom. The van der Waals surface area contributed by atoms with Crippen LogP contribution in [0.2, 0.25) is 0 Å². The van der Waals surface area contributed by atoms with Gasteiger partial charge >= 0.3 is 0 Å². The first-order valence-corrected chi connectivity index (χ1v) is 4.19. The average molecular weight is 159 g/mol. The maximum atomic E-state index is 11.1. The average Bonchev–Trinajstić information content (AvgIpc) is 2.07. The second-order valence-corrected chi connectivity index (χ2v) is 4.46. The Labute approximate surface area is 65.7 Å². The summed E-state index contributed by atoms with van der Waals surface area (Å²) < 4.78 is 0. The van der Waals surface area contributed by atoms with E-state index in [9.17, 15) is 4.79 Å². The SMILES string of the molecule is CC12CCCC1(Cl)C(=O)C2. The lowest BCUT2D eigenvalue weighted by molar-refractivity contribution is -0.136. The number of rotatable bonds is 0. The van der Waals surface area contributed by atoms with Crippen LogP contribution in [0.3, 0.4) is 0 Å². The predicted octanol–water partition coefficient (Wildman–Crippen LogP) is 2.13. The molecular formula is C8H11ClO. The van der Waals surface area contributed by atoms with Gasteiger partial charge in [-0.1, -0.05) is 13.3 Å². The van der Waals surface area contributed by atoms with Gasteiger partial charge in [-0.2, -0.15) is 0 Å². The Hall–Kier alpha value is -0.0400. The molecule has 0 heterocycles. The molecule has 2 fully saturated rings. The number of alkyl halides is 1. The molecule has 2 unspecified atom stereocenters. The Balaban J connectivity index is 2.35. The van der Waals surface area contributed by atoms with Crippen LogP contribution in [0.1, 0.15) is 32.6 Å². The minimum atomic E-state index is -0.437. The van der Waals surface area contributed by atoms with E-state index in [2.05, 4.69) is 6.92 Å². The molecule has 10 heavy (non-hydrogen) atoms. The van der Waals surface area contributed by atoms with Gasteiger partial charge in [-0.25, -0.2) is 0 Å². The molecule has 0 bridgehead atoms. The van der Waals surface area contributed by atoms with Crippen molar-refractivity contribution in [1.82, 2.24) is 0 Å². The third-order valence-corrected chi connectivity index (χ3v) is 4.06. The molecule has 0 aromatic rings. The van der Waals surface area contributed by atoms with Crippen molar-refractivity contribution in [3.63, 3.8) is 0 Å². The van der Waals surface area contributed by atoms with Crippen molar-refractivity contribution in [2.75, 3.05) is 0 Å². The smallest absolute Gasteiger partial charge is 0.154 e. The van der Waals surface area contributed by atoms with Crippen molar-refractivity contribution < 1.29 is 4.79 Å². The monoisotopic (exact) mass is 158 g/mol. The van der Waals surface area contributed by atoms with Crippen molar-refractivity contribution in [2.24, 2.45) is 5.41 Å². The van der Waals surface area contributed by atoms with Crippen LogP contribution in [0.25, 0.3) is 0 Å². The van der Waals surface area contributed by atoms with Gasteiger partial charge in [-0.15, -0.1) is 11.6 Å². The number of carbonyl (C=O) groups is 1. The van der Waals surface area contributed by atoms with Gasteiger partial charge in [0.1, 0.15) is 4.87 Å². The summed E-state index contributed by atoms with van der Waals surface area (Å²) in [5.41, 5.74) is 0.158. The van der Waals surface area contributed by atoms with Gasteiger partial charge < -0.3 is 0 Å². The van der Waals surface area contributed by atoms with Crippen molar-refractivity contribution in [3.05, 3.63) is 0 Å². The van der Waals surface area contributed by atoms with E-state index in [0.29, 0.717) is 0 Å². The van der Waals surface area contributed by atoms with E-state index in [1.807, 2.05) is 0 Å². The molecule has 2 heteroatoms. The zero-order chi connectivity index (χ0) is 7.41. The Kier molecular flexibility index (Phi) is 1.05. The van der Waals surface area contributed by atoms with Gasteiger partial charge in [-0.05, 0) is 12.8 Å². The second-order valence-electron chi connectivity index (χ2n) is 3.82. The molecular weight excluding hydrogens is 148 g/mol. The van der Waals surface area contributed by atoms with E-state index in [1.54, 1.807) is 0 Å². The first-order valence-electron chi connectivity index (χ1n) is 3.81. The largest absolute Gasteiger partial charge is 0.298 e. The van der Waals surface area contributed by atoms with Crippen molar-refractivity contribution in [3.8, 4) is 0 Å². The minimum absolute atomic E-state index is 0.158. The second kappa shape index (κ2) is 1.58. The number of fused-ring (bicyclic) bond motifs is 1. The summed E-state index contributed by atoms with van der Waals surface area (Å²) in [5.74, 6) is 0.272. The molecule has 0 aromatic carbocycles. The molecule has 0 N–H and O–H groups in total. The normalized spacial score (nSPS) is 52.4. The van der Waals surface area contributed by atoms with Gasteiger partial charge in [0.05, 0.1) is 0 Å². The Morgan fingerprint density at radius 2 is 2.20 bits per heavy atom. The fourth-order valence-electron chi connectivity index (χ4n) is 2.31. The summed E-state index contributed by atoms with van der Waals surface area (Å²) in [6, 6.07) is 0. The topological polar surface area (TPSA) is 17.1 Å². The van der Waals surface area contributed by atoms with Crippen molar-refractivity contribution in [2.45, 2.75) is 37.5 Å². The number of ketones is 1. The molecule has 0 spiro atoms. The van der Waals surface area contributed by atoms with Gasteiger partial charge in [0, 0.05) is 11.8 Å². The molecule has 56 valence electrons. The lowest BCUT2D eigenvalue weighted by atomic mass is 9.62. The summed E-state index contributed by atoms with van der Waals surface area (Å²) in [6.07, 6.45) is 3.90. The fourth-order valence-corrected chi connectivity index (χ4v) is 2.68. The van der Waals surface area contributed by atoms with E-state index in [0.717, 1.165) is 25.7 Å². The molecule has 0 saturated heterocycles. The highest BCUT2D eigenvalue weighted by atomic mass is 35.5. The molecule has 2 saturated carbocycles. The summed E-state index contributed by atoms with van der Waals surface area (Å²) in [7, 11) is 0. The van der Waals surface area contributed by atoms with Crippen molar-refractivity contribution in [1.29, 1.82) is 0 Å². The molecule has 2 rings (SSSR count). The van der Waals surface area contributed by atoms with E-state index < -0.39 is 4.87 Å². The lowest BCUT2D eigenvalue weighted by Gasteiger charge is -2.47. The molecule has 0 radical (unpaired) electrons. The van der Waals surface area contributed by atoms with E-state index in [1.165, 1.54) is 0 Å². The van der Waals surface area contributed by atoms with Crippen molar-refractivity contribution >= 4 is 17.4 Å². The molecule has 2 aliphatic rings. The van der Waals surface area contributed by atoms with E-state index in [4.69, 9.17) is 11.6 Å². The minimum Gasteiger partial charge on any atom is -0.298 e.